The number of hydrogen-bond donors (Lipinski definition) is 0. The number of para-hydroxylation sites is 1. The van der Waals surface area contributed by atoms with E-state index in [0.717, 1.165) is 6.42 Å². The van der Waals surface area contributed by atoms with Gasteiger partial charge in [0.2, 0.25) is 0 Å². The first kappa shape index (κ1) is 19.5. The molecule has 0 heterocycles. The first-order valence-electron chi connectivity index (χ1n) is 7.15. The second-order valence-corrected chi connectivity index (χ2v) is 4.27. The SMILES string of the molecule is CCCOCCOC(=O)OOOC(=O)c1cccc(OC)c1OC. The Morgan fingerprint density at radius 3 is 2.46 bits per heavy atom. The highest BCUT2D eigenvalue weighted by Gasteiger charge is 2.19. The minimum absolute atomic E-state index is 0.0140. The van der Waals surface area contributed by atoms with Gasteiger partial charge in [0.05, 0.1) is 25.9 Å². The molecule has 0 bridgehead atoms. The van der Waals surface area contributed by atoms with Crippen LogP contribution in [0.25, 0.3) is 0 Å². The Morgan fingerprint density at radius 2 is 1.79 bits per heavy atom. The fraction of sp³-hybridized carbons (Fsp3) is 0.467. The molecule has 9 nitrogen and oxygen atoms in total. The molecule has 134 valence electrons. The molecule has 0 unspecified atom stereocenters. The van der Waals surface area contributed by atoms with E-state index >= 15 is 0 Å². The number of hydrogen-bond acceptors (Lipinski definition) is 9. The van der Waals surface area contributed by atoms with Crippen molar-refractivity contribution in [3.05, 3.63) is 23.8 Å². The predicted molar refractivity (Wildman–Crippen MR) is 79.6 cm³/mol. The van der Waals surface area contributed by atoms with Crippen LogP contribution >= 0.6 is 0 Å². The molecule has 0 aliphatic carbocycles. The van der Waals surface area contributed by atoms with Gasteiger partial charge in [-0.25, -0.2) is 14.5 Å². The highest BCUT2D eigenvalue weighted by molar-refractivity contribution is 5.93. The van der Waals surface area contributed by atoms with Crippen molar-refractivity contribution in [2.75, 3.05) is 34.0 Å². The zero-order valence-corrected chi connectivity index (χ0v) is 13.7. The topological polar surface area (TPSA) is 98.8 Å². The number of ether oxygens (including phenoxy) is 4. The van der Waals surface area contributed by atoms with Gasteiger partial charge in [-0.2, -0.15) is 0 Å². The summed E-state index contributed by atoms with van der Waals surface area (Å²) >= 11 is 0. The Kier molecular flexibility index (Phi) is 9.02. The lowest BCUT2D eigenvalue weighted by Crippen LogP contribution is -2.15. The molecule has 0 amide bonds. The molecule has 0 aliphatic heterocycles. The normalized spacial score (nSPS) is 9.96. The van der Waals surface area contributed by atoms with Crippen LogP contribution in [0.3, 0.4) is 0 Å². The van der Waals surface area contributed by atoms with Gasteiger partial charge in [0.15, 0.2) is 11.5 Å². The van der Waals surface area contributed by atoms with Crippen LogP contribution < -0.4 is 9.47 Å². The fourth-order valence-electron chi connectivity index (χ4n) is 1.62. The summed E-state index contributed by atoms with van der Waals surface area (Å²) in [4.78, 5) is 31.5. The number of methoxy groups -OCH3 is 2. The highest BCUT2D eigenvalue weighted by Crippen LogP contribution is 2.31. The summed E-state index contributed by atoms with van der Waals surface area (Å²) in [5.41, 5.74) is 0.0294. The van der Waals surface area contributed by atoms with E-state index in [1.165, 1.54) is 20.3 Å². The first-order valence-corrected chi connectivity index (χ1v) is 7.15. The molecule has 0 spiro atoms. The van der Waals surface area contributed by atoms with Crippen LogP contribution in [0.2, 0.25) is 0 Å². The van der Waals surface area contributed by atoms with E-state index in [1.54, 1.807) is 12.1 Å². The monoisotopic (exact) mass is 344 g/mol. The van der Waals surface area contributed by atoms with Gasteiger partial charge in [0.25, 0.3) is 0 Å². The molecular formula is C15H20O9. The maximum absolute atomic E-state index is 11.9. The molecule has 0 saturated carbocycles. The van der Waals surface area contributed by atoms with Crippen molar-refractivity contribution >= 4 is 12.1 Å². The standard InChI is InChI=1S/C15H20O9/c1-4-8-20-9-10-21-15(17)23-24-22-14(16)11-6-5-7-12(18-2)13(11)19-3/h5-7H,4,8-10H2,1-3H3. The Labute approximate surface area is 139 Å². The van der Waals surface area contributed by atoms with E-state index < -0.39 is 12.1 Å². The van der Waals surface area contributed by atoms with Crippen LogP contribution in [0, 0.1) is 0 Å². The third kappa shape index (κ3) is 6.31. The molecule has 0 fully saturated rings. The molecule has 0 aliphatic rings. The Bertz CT molecular complexity index is 530. The summed E-state index contributed by atoms with van der Waals surface area (Å²) in [7, 11) is 2.79. The van der Waals surface area contributed by atoms with Crippen molar-refractivity contribution in [3.63, 3.8) is 0 Å². The molecule has 0 saturated heterocycles. The van der Waals surface area contributed by atoms with Crippen molar-refractivity contribution < 1.29 is 43.3 Å². The average molecular weight is 344 g/mol. The van der Waals surface area contributed by atoms with Gasteiger partial charge in [-0.1, -0.05) is 13.0 Å². The number of benzene rings is 1. The quantitative estimate of drug-likeness (QED) is 0.274. The molecular weight excluding hydrogens is 324 g/mol. The minimum atomic E-state index is -1.17. The zero-order chi connectivity index (χ0) is 17.8. The molecule has 1 aromatic rings. The van der Waals surface area contributed by atoms with E-state index in [9.17, 15) is 9.59 Å². The largest absolute Gasteiger partial charge is 0.543 e. The van der Waals surface area contributed by atoms with E-state index in [0.29, 0.717) is 12.4 Å². The summed E-state index contributed by atoms with van der Waals surface area (Å²) in [5.74, 6) is -0.451. The van der Waals surface area contributed by atoms with Crippen molar-refractivity contribution in [1.82, 2.24) is 0 Å². The Hall–Kier alpha value is -2.52. The van der Waals surface area contributed by atoms with Crippen LogP contribution in [-0.2, 0) is 24.3 Å². The minimum Gasteiger partial charge on any atom is -0.493 e. The maximum Gasteiger partial charge on any atom is 0.543 e. The highest BCUT2D eigenvalue weighted by atomic mass is 17.5. The van der Waals surface area contributed by atoms with E-state index in [-0.39, 0.29) is 24.5 Å². The lowest BCUT2D eigenvalue weighted by Gasteiger charge is -2.10. The lowest BCUT2D eigenvalue weighted by atomic mass is 10.2. The molecule has 0 radical (unpaired) electrons. The van der Waals surface area contributed by atoms with Crippen LogP contribution in [0.1, 0.15) is 23.7 Å². The Balaban J connectivity index is 2.38. The number of carbonyl (C=O) groups is 2. The summed E-state index contributed by atoms with van der Waals surface area (Å²) in [5, 5.41) is 4.10. The van der Waals surface area contributed by atoms with Crippen molar-refractivity contribution in [2.45, 2.75) is 13.3 Å². The average Bonchev–Trinajstić information content (AvgIpc) is 2.60. The number of rotatable bonds is 10. The van der Waals surface area contributed by atoms with Gasteiger partial charge < -0.3 is 18.9 Å². The molecule has 1 rings (SSSR count). The molecule has 0 aromatic heterocycles. The predicted octanol–water partition coefficient (Wildman–Crippen LogP) is 2.29. The second kappa shape index (κ2) is 11.1. The van der Waals surface area contributed by atoms with Crippen molar-refractivity contribution in [1.29, 1.82) is 0 Å². The van der Waals surface area contributed by atoms with Gasteiger partial charge in [-0.3, -0.25) is 4.89 Å². The van der Waals surface area contributed by atoms with E-state index in [2.05, 4.69) is 19.6 Å². The van der Waals surface area contributed by atoms with Crippen LogP contribution in [-0.4, -0.2) is 46.2 Å². The van der Waals surface area contributed by atoms with Crippen LogP contribution in [0.5, 0.6) is 11.5 Å². The van der Waals surface area contributed by atoms with Crippen molar-refractivity contribution in [2.24, 2.45) is 0 Å². The van der Waals surface area contributed by atoms with Gasteiger partial charge in [0.1, 0.15) is 12.2 Å². The van der Waals surface area contributed by atoms with Gasteiger partial charge in [-0.15, -0.1) is 0 Å². The number of carbonyl (C=O) groups excluding carboxylic acids is 2. The summed E-state index contributed by atoms with van der Waals surface area (Å²) < 4.78 is 19.8. The van der Waals surface area contributed by atoms with E-state index in [4.69, 9.17) is 14.2 Å². The van der Waals surface area contributed by atoms with Crippen molar-refractivity contribution in [3.8, 4) is 11.5 Å². The third-order valence-corrected chi connectivity index (χ3v) is 2.63. The molecule has 0 atom stereocenters. The summed E-state index contributed by atoms with van der Waals surface area (Å²) in [6.45, 7) is 2.73. The fourth-order valence-corrected chi connectivity index (χ4v) is 1.62. The van der Waals surface area contributed by atoms with Gasteiger partial charge in [-0.05, 0) is 18.6 Å². The second-order valence-electron chi connectivity index (χ2n) is 4.27. The third-order valence-electron chi connectivity index (χ3n) is 2.63. The van der Waals surface area contributed by atoms with Gasteiger partial charge in [0, 0.05) is 6.61 Å². The Morgan fingerprint density at radius 1 is 1.00 bits per heavy atom. The smallest absolute Gasteiger partial charge is 0.493 e. The summed E-state index contributed by atoms with van der Waals surface area (Å²) in [6.07, 6.45) is -0.308. The molecule has 0 N–H and O–H groups in total. The molecule has 9 heteroatoms. The van der Waals surface area contributed by atoms with Gasteiger partial charge >= 0.3 is 12.1 Å². The zero-order valence-electron chi connectivity index (χ0n) is 13.7. The van der Waals surface area contributed by atoms with Crippen LogP contribution in [0.15, 0.2) is 18.2 Å². The lowest BCUT2D eigenvalue weighted by molar-refractivity contribution is -0.452. The van der Waals surface area contributed by atoms with E-state index in [1.807, 2.05) is 6.92 Å². The first-order chi connectivity index (χ1) is 11.6. The summed E-state index contributed by atoms with van der Waals surface area (Å²) in [6, 6.07) is 4.59. The van der Waals surface area contributed by atoms with Crippen LogP contribution in [0.4, 0.5) is 4.79 Å². The molecule has 1 aromatic carbocycles. The molecule has 24 heavy (non-hydrogen) atoms. The maximum atomic E-state index is 11.9.